The van der Waals surface area contributed by atoms with E-state index < -0.39 is 12.2 Å². The Morgan fingerprint density at radius 3 is 1.34 bits per heavy atom. The summed E-state index contributed by atoms with van der Waals surface area (Å²) < 4.78 is 10.2. The van der Waals surface area contributed by atoms with E-state index in [0.29, 0.717) is 37.3 Å². The van der Waals surface area contributed by atoms with Crippen LogP contribution in [0.3, 0.4) is 0 Å². The lowest BCUT2D eigenvalue weighted by atomic mass is 10.1. The van der Waals surface area contributed by atoms with E-state index in [1.807, 2.05) is 87.0 Å². The molecular formula is C32H40N4O4S. The molecule has 0 radical (unpaired) electrons. The van der Waals surface area contributed by atoms with E-state index in [1.54, 1.807) is 0 Å². The Morgan fingerprint density at radius 2 is 1.00 bits per heavy atom. The predicted octanol–water partition coefficient (Wildman–Crippen LogP) is 5.27. The molecule has 2 amide bonds. The largest absolute Gasteiger partial charge is 0.436 e. The third kappa shape index (κ3) is 14.1. The minimum atomic E-state index is -0.550. The van der Waals surface area contributed by atoms with Crippen molar-refractivity contribution in [1.29, 1.82) is 0 Å². The van der Waals surface area contributed by atoms with Crippen LogP contribution < -0.4 is 22.1 Å². The summed E-state index contributed by atoms with van der Waals surface area (Å²) in [6.07, 6.45) is -1.10. The lowest BCUT2D eigenvalue weighted by Crippen LogP contribution is -2.23. The van der Waals surface area contributed by atoms with E-state index in [2.05, 4.69) is 34.3 Å². The molecule has 0 unspecified atom stereocenters. The van der Waals surface area contributed by atoms with Gasteiger partial charge in [-0.1, -0.05) is 99.9 Å². The molecule has 0 atom stereocenters. The number of alkyl carbamates (subject to hydrolysis) is 2. The molecule has 41 heavy (non-hydrogen) atoms. The number of hydrogen-bond donors (Lipinski definition) is 4. The van der Waals surface area contributed by atoms with Crippen molar-refractivity contribution in [3.8, 4) is 23.7 Å². The van der Waals surface area contributed by atoms with Crippen molar-refractivity contribution in [3.05, 3.63) is 92.7 Å². The van der Waals surface area contributed by atoms with Gasteiger partial charge in [-0.05, 0) is 22.3 Å². The zero-order valence-electron chi connectivity index (χ0n) is 24.2. The highest BCUT2D eigenvalue weighted by Crippen LogP contribution is 2.12. The van der Waals surface area contributed by atoms with Gasteiger partial charge in [0.05, 0.1) is 11.1 Å². The van der Waals surface area contributed by atoms with Crippen molar-refractivity contribution in [1.82, 2.24) is 10.6 Å². The van der Waals surface area contributed by atoms with Gasteiger partial charge in [-0.3, -0.25) is 0 Å². The third-order valence-corrected chi connectivity index (χ3v) is 5.79. The number of nitrogens with two attached hydrogens (primary N) is 2. The van der Waals surface area contributed by atoms with E-state index in [4.69, 9.17) is 20.9 Å². The molecule has 218 valence electrons. The Kier molecular flexibility index (Phi) is 18.2. The highest BCUT2D eigenvalue weighted by molar-refractivity contribution is 7.08. The van der Waals surface area contributed by atoms with Gasteiger partial charge in [-0.15, -0.1) is 11.3 Å². The van der Waals surface area contributed by atoms with E-state index in [0.717, 1.165) is 22.3 Å². The Morgan fingerprint density at radius 1 is 0.659 bits per heavy atom. The molecule has 9 heteroatoms. The maximum absolute atomic E-state index is 11.9. The molecule has 0 aliphatic carbocycles. The normalized spacial score (nSPS) is 9.12. The number of benzene rings is 2. The van der Waals surface area contributed by atoms with Gasteiger partial charge in [-0.2, -0.15) is 0 Å². The molecule has 0 fully saturated rings. The van der Waals surface area contributed by atoms with Crippen LogP contribution in [-0.4, -0.2) is 25.4 Å². The van der Waals surface area contributed by atoms with Crippen LogP contribution in [-0.2, 0) is 35.7 Å². The number of thiophene rings is 1. The lowest BCUT2D eigenvalue weighted by molar-refractivity contribution is 0.158. The summed E-state index contributed by atoms with van der Waals surface area (Å²) in [5, 5.41) is 9.06. The first-order chi connectivity index (χ1) is 20.1. The summed E-state index contributed by atoms with van der Waals surface area (Å²) in [4.78, 5) is 23.7. The number of carbonyl (C=O) groups excluding carboxylic acids is 2. The second-order valence-corrected chi connectivity index (χ2v) is 8.45. The fourth-order valence-electron chi connectivity index (χ4n) is 2.99. The SMILES string of the molecule is CC.CC.NCc1ccc(CNC(=O)OCC#Cc2cscc2C#CCOC(=O)NCc2ccc(CN)cc2)cc1. The lowest BCUT2D eigenvalue weighted by Gasteiger charge is -2.05. The molecule has 0 aliphatic heterocycles. The summed E-state index contributed by atoms with van der Waals surface area (Å²) in [7, 11) is 0. The minimum absolute atomic E-state index is 0.0567. The fourth-order valence-corrected chi connectivity index (χ4v) is 3.71. The van der Waals surface area contributed by atoms with Gasteiger partial charge in [0, 0.05) is 36.9 Å². The van der Waals surface area contributed by atoms with Crippen LogP contribution in [0.5, 0.6) is 0 Å². The number of hydrogen-bond acceptors (Lipinski definition) is 7. The molecule has 0 aliphatic rings. The smallest absolute Gasteiger partial charge is 0.408 e. The zero-order valence-corrected chi connectivity index (χ0v) is 25.0. The minimum Gasteiger partial charge on any atom is -0.436 e. The van der Waals surface area contributed by atoms with Gasteiger partial charge in [0.25, 0.3) is 0 Å². The third-order valence-electron chi connectivity index (χ3n) is 5.05. The molecule has 0 bridgehead atoms. The highest BCUT2D eigenvalue weighted by Gasteiger charge is 2.03. The molecule has 0 saturated heterocycles. The van der Waals surface area contributed by atoms with Crippen LogP contribution in [0.25, 0.3) is 0 Å². The van der Waals surface area contributed by atoms with E-state index in [-0.39, 0.29) is 13.2 Å². The molecule has 1 heterocycles. The molecule has 3 aromatic rings. The fraction of sp³-hybridized carbons (Fsp3) is 0.312. The Bertz CT molecular complexity index is 1200. The Hall–Kier alpha value is -4.28. The molecule has 1 aromatic heterocycles. The quantitative estimate of drug-likeness (QED) is 0.270. The van der Waals surface area contributed by atoms with Crippen LogP contribution in [0.2, 0.25) is 0 Å². The Labute approximate surface area is 247 Å². The van der Waals surface area contributed by atoms with Crippen molar-refractivity contribution in [3.63, 3.8) is 0 Å². The summed E-state index contributed by atoms with van der Waals surface area (Å²) in [6, 6.07) is 15.3. The second kappa shape index (κ2) is 21.5. The first kappa shape index (κ1) is 34.7. The summed E-state index contributed by atoms with van der Waals surface area (Å²) in [6.45, 7) is 9.54. The zero-order chi connectivity index (χ0) is 30.3. The average molecular weight is 577 g/mol. The standard InChI is InChI=1S/C28H28N4O4S.2C2H6/c29-15-21-5-9-23(10-6-21)17-31-27(33)35-13-1-3-25-19-37-20-26(25)4-2-14-36-28(34)32-18-24-11-7-22(16-30)8-12-24;2*1-2/h5-12,19-20H,13-18,29-30H2,(H,31,33)(H,32,34);2*1-2H3. The average Bonchev–Trinajstić information content (AvgIpc) is 3.48. The molecule has 2 aromatic carbocycles. The van der Waals surface area contributed by atoms with Crippen LogP contribution in [0, 0.1) is 23.7 Å². The topological polar surface area (TPSA) is 129 Å². The Balaban J connectivity index is 0.00000201. The van der Waals surface area contributed by atoms with Crippen molar-refractivity contribution >= 4 is 23.5 Å². The van der Waals surface area contributed by atoms with Gasteiger partial charge < -0.3 is 31.6 Å². The monoisotopic (exact) mass is 576 g/mol. The molecule has 6 N–H and O–H groups in total. The molecule has 0 spiro atoms. The van der Waals surface area contributed by atoms with E-state index in [1.165, 1.54) is 11.3 Å². The number of rotatable bonds is 8. The van der Waals surface area contributed by atoms with Crippen LogP contribution in [0.15, 0.2) is 59.3 Å². The first-order valence-corrected chi connectivity index (χ1v) is 14.4. The van der Waals surface area contributed by atoms with Crippen LogP contribution in [0.1, 0.15) is 61.1 Å². The van der Waals surface area contributed by atoms with Crippen LogP contribution >= 0.6 is 11.3 Å². The number of ether oxygens (including phenoxy) is 2. The van der Waals surface area contributed by atoms with Gasteiger partial charge in [0.15, 0.2) is 13.2 Å². The summed E-state index contributed by atoms with van der Waals surface area (Å²) in [5.74, 6) is 11.5. The van der Waals surface area contributed by atoms with E-state index >= 15 is 0 Å². The van der Waals surface area contributed by atoms with Crippen molar-refractivity contribution in [2.75, 3.05) is 13.2 Å². The first-order valence-electron chi connectivity index (χ1n) is 13.5. The van der Waals surface area contributed by atoms with Gasteiger partial charge in [-0.25, -0.2) is 9.59 Å². The number of amides is 2. The van der Waals surface area contributed by atoms with Crippen molar-refractivity contribution in [2.24, 2.45) is 11.5 Å². The van der Waals surface area contributed by atoms with E-state index in [9.17, 15) is 9.59 Å². The molecular weight excluding hydrogens is 536 g/mol. The molecule has 0 saturated carbocycles. The van der Waals surface area contributed by atoms with Crippen molar-refractivity contribution in [2.45, 2.75) is 53.9 Å². The van der Waals surface area contributed by atoms with Crippen LogP contribution in [0.4, 0.5) is 9.59 Å². The maximum Gasteiger partial charge on any atom is 0.408 e. The second-order valence-electron chi connectivity index (χ2n) is 7.70. The highest BCUT2D eigenvalue weighted by atomic mass is 32.1. The van der Waals surface area contributed by atoms with Gasteiger partial charge in [0.1, 0.15) is 0 Å². The molecule has 3 rings (SSSR count). The maximum atomic E-state index is 11.9. The van der Waals surface area contributed by atoms with Gasteiger partial charge >= 0.3 is 12.2 Å². The van der Waals surface area contributed by atoms with Crippen molar-refractivity contribution < 1.29 is 19.1 Å². The predicted molar refractivity (Wildman–Crippen MR) is 166 cm³/mol. The van der Waals surface area contributed by atoms with Gasteiger partial charge in [0.2, 0.25) is 0 Å². The summed E-state index contributed by atoms with van der Waals surface area (Å²) in [5.41, 5.74) is 16.5. The number of carbonyl (C=O) groups is 2. The molecule has 8 nitrogen and oxygen atoms in total. The summed E-state index contributed by atoms with van der Waals surface area (Å²) >= 11 is 1.45. The number of nitrogens with one attached hydrogen (secondary N) is 2.